The highest BCUT2D eigenvalue weighted by Gasteiger charge is 2.60. The summed E-state index contributed by atoms with van der Waals surface area (Å²) in [5.41, 5.74) is 2.09. The van der Waals surface area contributed by atoms with Crippen LogP contribution in [0.1, 0.15) is 52.4 Å². The van der Waals surface area contributed by atoms with E-state index in [-0.39, 0.29) is 5.60 Å². The van der Waals surface area contributed by atoms with Gasteiger partial charge in [-0.2, -0.15) is 0 Å². The van der Waals surface area contributed by atoms with Crippen LogP contribution in [0, 0.1) is 16.7 Å². The van der Waals surface area contributed by atoms with Crippen LogP contribution in [0.2, 0.25) is 0 Å². The zero-order chi connectivity index (χ0) is 17.1. The first-order chi connectivity index (χ1) is 12.0. The molecule has 0 radical (unpaired) electrons. The molecule has 134 valence electrons. The lowest BCUT2D eigenvalue weighted by Crippen LogP contribution is -2.59. The van der Waals surface area contributed by atoms with E-state index in [0.717, 1.165) is 30.6 Å². The van der Waals surface area contributed by atoms with Gasteiger partial charge in [0.05, 0.1) is 24.7 Å². The number of nitrogens with one attached hydrogen (secondary N) is 1. The van der Waals surface area contributed by atoms with Crippen LogP contribution < -0.4 is 0 Å². The molecule has 0 spiro atoms. The maximum atomic E-state index is 6.64. The Morgan fingerprint density at radius 2 is 2.00 bits per heavy atom. The zero-order valence-corrected chi connectivity index (χ0v) is 15.3. The summed E-state index contributed by atoms with van der Waals surface area (Å²) in [6, 6.07) is 0. The third-order valence-corrected chi connectivity index (χ3v) is 6.77. The molecule has 2 heterocycles. The van der Waals surface area contributed by atoms with Gasteiger partial charge in [-0.05, 0) is 55.3 Å². The molecule has 0 saturated heterocycles. The summed E-state index contributed by atoms with van der Waals surface area (Å²) in [7, 11) is 0. The van der Waals surface area contributed by atoms with E-state index in [1.165, 1.54) is 38.5 Å². The van der Waals surface area contributed by atoms with Crippen molar-refractivity contribution in [3.63, 3.8) is 0 Å². The van der Waals surface area contributed by atoms with Gasteiger partial charge in [-0.15, -0.1) is 0 Å². The molecule has 5 heteroatoms. The molecule has 4 bridgehead atoms. The average molecular weight is 340 g/mol. The van der Waals surface area contributed by atoms with E-state index in [1.54, 1.807) is 6.33 Å². The largest absolute Gasteiger partial charge is 0.373 e. The van der Waals surface area contributed by atoms with Crippen molar-refractivity contribution in [2.45, 2.75) is 64.5 Å². The van der Waals surface area contributed by atoms with Gasteiger partial charge in [0.2, 0.25) is 0 Å². The highest BCUT2D eigenvalue weighted by Crippen LogP contribution is 2.67. The first-order valence-corrected chi connectivity index (χ1v) is 9.61. The van der Waals surface area contributed by atoms with Gasteiger partial charge < -0.3 is 14.3 Å². The summed E-state index contributed by atoms with van der Waals surface area (Å²) in [5.74, 6) is 1.81. The van der Waals surface area contributed by atoms with Crippen LogP contribution in [0.25, 0.3) is 11.5 Å². The van der Waals surface area contributed by atoms with Crippen LogP contribution >= 0.6 is 0 Å². The molecule has 6 rings (SSSR count). The van der Waals surface area contributed by atoms with Gasteiger partial charge in [0.15, 0.2) is 5.82 Å². The Labute approximate surface area is 149 Å². The van der Waals surface area contributed by atoms with E-state index in [1.807, 2.05) is 18.6 Å². The number of hydrogen-bond donors (Lipinski definition) is 1. The summed E-state index contributed by atoms with van der Waals surface area (Å²) in [5, 5.41) is 0. The van der Waals surface area contributed by atoms with Crippen molar-refractivity contribution in [1.82, 2.24) is 19.5 Å². The Balaban J connectivity index is 1.29. The van der Waals surface area contributed by atoms with Crippen LogP contribution in [0.3, 0.4) is 0 Å². The molecular formula is C20H28N4O. The minimum Gasteiger partial charge on any atom is -0.373 e. The van der Waals surface area contributed by atoms with Gasteiger partial charge in [-0.3, -0.25) is 0 Å². The van der Waals surface area contributed by atoms with E-state index < -0.39 is 0 Å². The topological polar surface area (TPSA) is 55.7 Å². The summed E-state index contributed by atoms with van der Waals surface area (Å²) in [6.07, 6.45) is 15.4. The highest BCUT2D eigenvalue weighted by atomic mass is 16.5. The monoisotopic (exact) mass is 340 g/mol. The maximum Gasteiger partial charge on any atom is 0.158 e. The van der Waals surface area contributed by atoms with E-state index in [9.17, 15) is 0 Å². The second-order valence-corrected chi connectivity index (χ2v) is 9.57. The quantitative estimate of drug-likeness (QED) is 0.894. The minimum atomic E-state index is 0.123. The fourth-order valence-electron chi connectivity index (χ4n) is 6.98. The van der Waals surface area contributed by atoms with Crippen LogP contribution in [-0.4, -0.2) is 31.7 Å². The van der Waals surface area contributed by atoms with Crippen molar-refractivity contribution in [2.24, 2.45) is 16.7 Å². The van der Waals surface area contributed by atoms with Crippen LogP contribution in [0.4, 0.5) is 0 Å². The molecule has 0 amide bonds. The normalized spacial score (nSPS) is 39.2. The molecule has 2 aromatic heterocycles. The molecule has 0 aromatic carbocycles. The first kappa shape index (κ1) is 15.6. The minimum absolute atomic E-state index is 0.123. The number of hydrogen-bond acceptors (Lipinski definition) is 3. The van der Waals surface area contributed by atoms with Crippen LogP contribution in [-0.2, 0) is 11.3 Å². The molecule has 2 unspecified atom stereocenters. The number of ether oxygens (including phenoxy) is 1. The first-order valence-electron chi connectivity index (χ1n) is 9.61. The Bertz CT molecular complexity index is 747. The van der Waals surface area contributed by atoms with Gasteiger partial charge >= 0.3 is 0 Å². The molecule has 2 atom stereocenters. The fraction of sp³-hybridized carbons (Fsp3) is 0.700. The van der Waals surface area contributed by atoms with E-state index in [2.05, 4.69) is 33.4 Å². The third-order valence-electron chi connectivity index (χ3n) is 6.77. The Kier molecular flexibility index (Phi) is 3.25. The molecule has 4 aliphatic rings. The lowest BCUT2D eigenvalue weighted by molar-refractivity contribution is -0.215. The summed E-state index contributed by atoms with van der Waals surface area (Å²) >= 11 is 0. The number of rotatable bonds is 5. The lowest BCUT2D eigenvalue weighted by Gasteiger charge is -2.65. The smallest absolute Gasteiger partial charge is 0.158 e. The van der Waals surface area contributed by atoms with Crippen molar-refractivity contribution in [1.29, 1.82) is 0 Å². The molecule has 1 N–H and O–H groups in total. The summed E-state index contributed by atoms with van der Waals surface area (Å²) in [4.78, 5) is 11.7. The van der Waals surface area contributed by atoms with Crippen molar-refractivity contribution < 1.29 is 4.74 Å². The number of aromatic amines is 1. The van der Waals surface area contributed by atoms with Crippen molar-refractivity contribution in [3.8, 4) is 11.5 Å². The van der Waals surface area contributed by atoms with Gasteiger partial charge in [-0.25, -0.2) is 9.97 Å². The van der Waals surface area contributed by atoms with Crippen molar-refractivity contribution >= 4 is 0 Å². The number of nitrogens with zero attached hydrogens (tertiary/aromatic N) is 3. The average Bonchev–Trinajstić information content (AvgIpc) is 3.12. The number of imidazole rings is 2. The second kappa shape index (κ2) is 5.19. The molecule has 5 nitrogen and oxygen atoms in total. The molecule has 25 heavy (non-hydrogen) atoms. The standard InChI is InChI=1S/C20H28N4O/c1-18-7-15-8-19(2,11-18)13-20(9-15,12-18)25-6-5-24-4-3-22-17(24)16-10-21-14-23-16/h3-4,10,14-15H,5-9,11-13H2,1-2H3,(H,21,23). The van der Waals surface area contributed by atoms with Crippen molar-refractivity contribution in [3.05, 3.63) is 24.9 Å². The zero-order valence-electron chi connectivity index (χ0n) is 15.3. The van der Waals surface area contributed by atoms with Gasteiger partial charge in [0, 0.05) is 18.9 Å². The second-order valence-electron chi connectivity index (χ2n) is 9.57. The summed E-state index contributed by atoms with van der Waals surface area (Å²) < 4.78 is 8.81. The number of aromatic nitrogens is 4. The van der Waals surface area contributed by atoms with Gasteiger partial charge in [0.25, 0.3) is 0 Å². The molecule has 4 saturated carbocycles. The SMILES string of the molecule is CC12CC3CC(C)(C1)CC(OCCn1ccnc1-c1cnc[nH]1)(C3)C2. The molecule has 2 aromatic rings. The Morgan fingerprint density at radius 3 is 2.68 bits per heavy atom. The van der Waals surface area contributed by atoms with Gasteiger partial charge in [0.1, 0.15) is 5.69 Å². The lowest BCUT2D eigenvalue weighted by atomic mass is 9.43. The van der Waals surface area contributed by atoms with Gasteiger partial charge in [-0.1, -0.05) is 13.8 Å². The predicted octanol–water partition coefficient (Wildman–Crippen LogP) is 4.04. The molecule has 4 aliphatic carbocycles. The number of H-pyrrole nitrogens is 1. The van der Waals surface area contributed by atoms with Crippen LogP contribution in [0.5, 0.6) is 0 Å². The van der Waals surface area contributed by atoms with Crippen LogP contribution in [0.15, 0.2) is 24.9 Å². The molecule has 0 aliphatic heterocycles. The van der Waals surface area contributed by atoms with Crippen molar-refractivity contribution in [2.75, 3.05) is 6.61 Å². The van der Waals surface area contributed by atoms with E-state index in [4.69, 9.17) is 4.74 Å². The molecular weight excluding hydrogens is 312 g/mol. The van der Waals surface area contributed by atoms with E-state index in [0.29, 0.717) is 10.8 Å². The highest BCUT2D eigenvalue weighted by molar-refractivity contribution is 5.47. The fourth-order valence-corrected chi connectivity index (χ4v) is 6.98. The Hall–Kier alpha value is -1.62. The Morgan fingerprint density at radius 1 is 1.20 bits per heavy atom. The van der Waals surface area contributed by atoms with E-state index >= 15 is 0 Å². The molecule has 4 fully saturated rings. The maximum absolute atomic E-state index is 6.64. The predicted molar refractivity (Wildman–Crippen MR) is 95.9 cm³/mol. The third kappa shape index (κ3) is 2.64. The summed E-state index contributed by atoms with van der Waals surface area (Å²) in [6.45, 7) is 6.60.